The molecule has 0 bridgehead atoms. The summed E-state index contributed by atoms with van der Waals surface area (Å²) in [4.78, 5) is 24.4. The molecule has 0 saturated carbocycles. The van der Waals surface area contributed by atoms with Crippen molar-refractivity contribution in [3.8, 4) is 11.1 Å². The third-order valence-corrected chi connectivity index (χ3v) is 7.99. The van der Waals surface area contributed by atoms with Crippen molar-refractivity contribution in [2.24, 2.45) is 0 Å². The first-order valence-corrected chi connectivity index (χ1v) is 15.8. The van der Waals surface area contributed by atoms with Crippen LogP contribution in [0.15, 0.2) is 91.0 Å². The number of hydrogen-bond acceptors (Lipinski definition) is 5. The molecule has 3 aromatic rings. The highest BCUT2D eigenvalue weighted by molar-refractivity contribution is 5.88. The zero-order chi connectivity index (χ0) is 32.1. The Morgan fingerprint density at radius 3 is 1.84 bits per heavy atom. The fourth-order valence-electron chi connectivity index (χ4n) is 5.01. The number of unbranched alkanes of at least 4 members (excludes halogenated alkanes) is 2. The van der Waals surface area contributed by atoms with Crippen molar-refractivity contribution in [3.05, 3.63) is 119 Å². The Morgan fingerprint density at radius 2 is 1.32 bits per heavy atom. The first-order valence-electron chi connectivity index (χ1n) is 15.8. The van der Waals surface area contributed by atoms with Crippen molar-refractivity contribution in [2.75, 3.05) is 13.2 Å². The maximum Gasteiger partial charge on any atom is 0.336 e. The normalized spacial score (nSPS) is 12.3. The molecule has 0 spiro atoms. The van der Waals surface area contributed by atoms with Crippen molar-refractivity contribution < 1.29 is 24.2 Å². The maximum atomic E-state index is 12.3. The molecule has 0 aromatic heterocycles. The van der Waals surface area contributed by atoms with Gasteiger partial charge in [-0.05, 0) is 84.9 Å². The van der Waals surface area contributed by atoms with E-state index in [0.717, 1.165) is 47.9 Å². The van der Waals surface area contributed by atoms with Gasteiger partial charge in [0.2, 0.25) is 0 Å². The van der Waals surface area contributed by atoms with Gasteiger partial charge in [-0.25, -0.2) is 9.59 Å². The number of esters is 2. The van der Waals surface area contributed by atoms with Gasteiger partial charge in [-0.15, -0.1) is 0 Å². The van der Waals surface area contributed by atoms with Crippen LogP contribution in [0.5, 0.6) is 0 Å². The Kier molecular flexibility index (Phi) is 13.6. The second-order valence-electron chi connectivity index (χ2n) is 11.6. The number of benzene rings is 3. The molecule has 0 heterocycles. The van der Waals surface area contributed by atoms with E-state index < -0.39 is 24.0 Å². The summed E-state index contributed by atoms with van der Waals surface area (Å²) in [6.07, 6.45) is 6.74. The third-order valence-electron chi connectivity index (χ3n) is 7.99. The lowest BCUT2D eigenvalue weighted by Crippen LogP contribution is -2.22. The number of carbonyl (C=O) groups excluding carboxylic acids is 2. The molecule has 2 atom stereocenters. The molecule has 0 amide bonds. The van der Waals surface area contributed by atoms with Crippen LogP contribution < -0.4 is 0 Å². The summed E-state index contributed by atoms with van der Waals surface area (Å²) in [7, 11) is 0. The van der Waals surface area contributed by atoms with E-state index in [9.17, 15) is 14.7 Å². The Balaban J connectivity index is 1.70. The van der Waals surface area contributed by atoms with Crippen LogP contribution in [-0.2, 0) is 44.7 Å². The molecular weight excluding hydrogens is 548 g/mol. The minimum atomic E-state index is -1.01. The number of aliphatic hydroxyl groups is 1. The molecule has 1 N–H and O–H groups in total. The lowest BCUT2D eigenvalue weighted by Gasteiger charge is -2.20. The fraction of sp³-hybridized carbons (Fsp3) is 0.385. The molecule has 0 aliphatic carbocycles. The molecular formula is C39H48O5. The Bertz CT molecular complexity index is 1400. The van der Waals surface area contributed by atoms with Crippen LogP contribution in [0.2, 0.25) is 0 Å². The van der Waals surface area contributed by atoms with Gasteiger partial charge in [0.15, 0.2) is 0 Å². The molecule has 234 valence electrons. The topological polar surface area (TPSA) is 72.8 Å². The minimum absolute atomic E-state index is 0.0210. The van der Waals surface area contributed by atoms with Crippen molar-refractivity contribution >= 4 is 11.9 Å². The van der Waals surface area contributed by atoms with E-state index >= 15 is 0 Å². The van der Waals surface area contributed by atoms with E-state index in [1.54, 1.807) is 6.92 Å². The molecule has 0 radical (unpaired) electrons. The second-order valence-corrected chi connectivity index (χ2v) is 11.6. The molecule has 3 aromatic carbocycles. The molecule has 0 aliphatic rings. The maximum absolute atomic E-state index is 12.3. The monoisotopic (exact) mass is 596 g/mol. The molecule has 5 nitrogen and oxygen atoms in total. The largest absolute Gasteiger partial charge is 0.462 e. The lowest BCUT2D eigenvalue weighted by atomic mass is 9.91. The van der Waals surface area contributed by atoms with Crippen LogP contribution in [0.1, 0.15) is 80.7 Å². The summed E-state index contributed by atoms with van der Waals surface area (Å²) in [6, 6.07) is 24.0. The predicted molar refractivity (Wildman–Crippen MR) is 179 cm³/mol. The third kappa shape index (κ3) is 10.3. The average Bonchev–Trinajstić information content (AvgIpc) is 3.03. The van der Waals surface area contributed by atoms with Gasteiger partial charge < -0.3 is 14.6 Å². The van der Waals surface area contributed by atoms with Gasteiger partial charge in [-0.2, -0.15) is 0 Å². The molecule has 0 fully saturated rings. The van der Waals surface area contributed by atoms with Gasteiger partial charge >= 0.3 is 11.9 Å². The number of carbonyl (C=O) groups is 2. The minimum Gasteiger partial charge on any atom is -0.462 e. The van der Waals surface area contributed by atoms with Crippen molar-refractivity contribution in [3.63, 3.8) is 0 Å². The average molecular weight is 597 g/mol. The van der Waals surface area contributed by atoms with Gasteiger partial charge in [-0.1, -0.05) is 107 Å². The van der Waals surface area contributed by atoms with Gasteiger partial charge in [0.05, 0.1) is 17.6 Å². The lowest BCUT2D eigenvalue weighted by molar-refractivity contribution is -0.143. The van der Waals surface area contributed by atoms with E-state index in [4.69, 9.17) is 9.47 Å². The second kappa shape index (κ2) is 17.4. The van der Waals surface area contributed by atoms with E-state index in [0.29, 0.717) is 5.57 Å². The highest BCUT2D eigenvalue weighted by Gasteiger charge is 2.21. The van der Waals surface area contributed by atoms with E-state index in [1.165, 1.54) is 42.9 Å². The number of rotatable bonds is 17. The van der Waals surface area contributed by atoms with Crippen molar-refractivity contribution in [2.45, 2.75) is 84.7 Å². The van der Waals surface area contributed by atoms with Gasteiger partial charge in [0.25, 0.3) is 0 Å². The summed E-state index contributed by atoms with van der Waals surface area (Å²) in [5, 5.41) is 9.68. The Morgan fingerprint density at radius 1 is 0.773 bits per heavy atom. The molecule has 3 rings (SSSR count). The first kappa shape index (κ1) is 34.5. The Hall–Kier alpha value is -3.96. The van der Waals surface area contributed by atoms with E-state index in [-0.39, 0.29) is 18.8 Å². The summed E-state index contributed by atoms with van der Waals surface area (Å²) >= 11 is 0. The number of aliphatic hydroxyl groups excluding tert-OH is 1. The number of ether oxygens (including phenoxy) is 2. The van der Waals surface area contributed by atoms with Crippen LogP contribution in [0, 0.1) is 0 Å². The van der Waals surface area contributed by atoms with Crippen LogP contribution >= 0.6 is 0 Å². The van der Waals surface area contributed by atoms with E-state index in [2.05, 4.69) is 87.7 Å². The Labute approximate surface area is 263 Å². The predicted octanol–water partition coefficient (Wildman–Crippen LogP) is 8.12. The highest BCUT2D eigenvalue weighted by Crippen LogP contribution is 2.29. The SMILES string of the molecule is C=C(C)C(=O)OCC(COC(=O)C(=C)C(C)O)c1ccc(-c2ccc(CCc3ccc(CCCCC)cc3)cc2)c(CC)c1. The van der Waals surface area contributed by atoms with Crippen LogP contribution in [0.4, 0.5) is 0 Å². The zero-order valence-corrected chi connectivity index (χ0v) is 26.9. The first-order chi connectivity index (χ1) is 21.1. The molecule has 5 heteroatoms. The molecule has 0 saturated heterocycles. The highest BCUT2D eigenvalue weighted by atomic mass is 16.5. The molecule has 2 unspecified atom stereocenters. The van der Waals surface area contributed by atoms with Crippen molar-refractivity contribution in [1.82, 2.24) is 0 Å². The number of hydrogen-bond donors (Lipinski definition) is 1. The summed E-state index contributed by atoms with van der Waals surface area (Å²) in [5.74, 6) is -1.57. The van der Waals surface area contributed by atoms with Gasteiger partial charge in [0, 0.05) is 5.57 Å². The molecule has 0 aliphatic heterocycles. The fourth-order valence-corrected chi connectivity index (χ4v) is 5.01. The van der Waals surface area contributed by atoms with Crippen molar-refractivity contribution in [1.29, 1.82) is 0 Å². The van der Waals surface area contributed by atoms with E-state index in [1.807, 2.05) is 6.07 Å². The summed E-state index contributed by atoms with van der Waals surface area (Å²) in [5.41, 5.74) is 8.67. The van der Waals surface area contributed by atoms with Crippen LogP contribution in [-0.4, -0.2) is 36.4 Å². The zero-order valence-electron chi connectivity index (χ0n) is 26.9. The number of aryl methyl sites for hydroxylation is 4. The quantitative estimate of drug-likeness (QED) is 0.0968. The standard InChI is InChI=1S/C39H48O5/c1-7-9-10-11-30-12-14-31(15-13-30)16-17-32-18-20-34(21-19-32)37-23-22-35(24-33(37)8-2)36(25-43-38(41)27(3)4)26-44-39(42)28(5)29(6)40/h12-15,18-24,29,36,40H,3,5,7-11,16-17,25-26H2,1-2,4,6H3. The summed E-state index contributed by atoms with van der Waals surface area (Å²) in [6.45, 7) is 14.6. The van der Waals surface area contributed by atoms with Crippen LogP contribution in [0.3, 0.4) is 0 Å². The summed E-state index contributed by atoms with van der Waals surface area (Å²) < 4.78 is 10.9. The van der Waals surface area contributed by atoms with Gasteiger partial charge in [-0.3, -0.25) is 0 Å². The smallest absolute Gasteiger partial charge is 0.336 e. The molecule has 44 heavy (non-hydrogen) atoms. The van der Waals surface area contributed by atoms with Crippen LogP contribution in [0.25, 0.3) is 11.1 Å². The van der Waals surface area contributed by atoms with Gasteiger partial charge in [0.1, 0.15) is 13.2 Å².